The zero-order chi connectivity index (χ0) is 25.4. The van der Waals surface area contributed by atoms with Crippen LogP contribution in [0, 0.1) is 17.2 Å². The normalized spacial score (nSPS) is 20.4. The Balaban J connectivity index is 1.89. The maximum Gasteiger partial charge on any atom is 0.358 e. The van der Waals surface area contributed by atoms with E-state index in [9.17, 15) is 28.7 Å². The molecule has 2 N–H and O–H groups in total. The van der Waals surface area contributed by atoms with Crippen LogP contribution in [-0.2, 0) is 35.1 Å². The SMILES string of the molecule is CNC(=O)Cc1ccc(C2=C(C(=O)OCOC(=O)C(C)(C)C)N3C(=O)[C@H]([C@@H](C)O)[C@H]3C2)cc1F. The molecular formula is C24H29FN2O7. The van der Waals surface area contributed by atoms with Crippen LogP contribution in [0.3, 0.4) is 0 Å². The smallest absolute Gasteiger partial charge is 0.358 e. The van der Waals surface area contributed by atoms with Gasteiger partial charge in [-0.2, -0.15) is 0 Å². The van der Waals surface area contributed by atoms with Crippen LogP contribution in [0.4, 0.5) is 4.39 Å². The van der Waals surface area contributed by atoms with E-state index in [4.69, 9.17) is 9.47 Å². The summed E-state index contributed by atoms with van der Waals surface area (Å²) in [6.45, 7) is 5.80. The molecule has 0 aliphatic carbocycles. The molecular weight excluding hydrogens is 447 g/mol. The average molecular weight is 477 g/mol. The van der Waals surface area contributed by atoms with Crippen LogP contribution in [0.1, 0.15) is 45.2 Å². The molecule has 1 aromatic carbocycles. The molecule has 34 heavy (non-hydrogen) atoms. The minimum Gasteiger partial charge on any atom is -0.427 e. The number of hydrogen-bond acceptors (Lipinski definition) is 7. The summed E-state index contributed by atoms with van der Waals surface area (Å²) in [5, 5.41) is 12.4. The number of rotatable bonds is 7. The lowest BCUT2D eigenvalue weighted by atomic mass is 9.82. The van der Waals surface area contributed by atoms with Crippen molar-refractivity contribution in [1.82, 2.24) is 10.2 Å². The molecule has 2 aliphatic rings. The number of amides is 2. The Hall–Kier alpha value is -3.27. The minimum atomic E-state index is -0.926. The van der Waals surface area contributed by atoms with Crippen LogP contribution < -0.4 is 5.32 Å². The van der Waals surface area contributed by atoms with Crippen molar-refractivity contribution in [2.75, 3.05) is 13.8 Å². The number of β-lactam (4-membered cyclic amide) rings is 1. The van der Waals surface area contributed by atoms with Crippen LogP contribution >= 0.6 is 0 Å². The lowest BCUT2D eigenvalue weighted by Gasteiger charge is -2.44. The number of carbonyl (C=O) groups excluding carboxylic acids is 4. The van der Waals surface area contributed by atoms with Gasteiger partial charge in [-0.1, -0.05) is 12.1 Å². The highest BCUT2D eigenvalue weighted by Gasteiger charge is 2.57. The molecule has 0 aromatic heterocycles. The fourth-order valence-electron chi connectivity index (χ4n) is 4.08. The zero-order valence-electron chi connectivity index (χ0n) is 19.8. The second kappa shape index (κ2) is 9.54. The van der Waals surface area contributed by atoms with Crippen molar-refractivity contribution in [3.05, 3.63) is 40.8 Å². The Morgan fingerprint density at radius 1 is 1.26 bits per heavy atom. The molecule has 0 saturated carbocycles. The van der Waals surface area contributed by atoms with Crippen molar-refractivity contribution in [2.24, 2.45) is 11.3 Å². The number of hydrogen-bond donors (Lipinski definition) is 2. The highest BCUT2D eigenvalue weighted by atomic mass is 19.1. The Bertz CT molecular complexity index is 1060. The Labute approximate surface area is 196 Å². The van der Waals surface area contributed by atoms with E-state index in [1.807, 2.05) is 0 Å². The number of aliphatic hydroxyl groups is 1. The number of carbonyl (C=O) groups is 4. The first kappa shape index (κ1) is 25.4. The molecule has 0 spiro atoms. The van der Waals surface area contributed by atoms with Crippen molar-refractivity contribution in [1.29, 1.82) is 0 Å². The van der Waals surface area contributed by atoms with Crippen molar-refractivity contribution < 1.29 is 38.1 Å². The molecule has 1 aromatic rings. The topological polar surface area (TPSA) is 122 Å². The van der Waals surface area contributed by atoms with Crippen LogP contribution in [0.2, 0.25) is 0 Å². The van der Waals surface area contributed by atoms with Gasteiger partial charge in [-0.15, -0.1) is 0 Å². The number of halogens is 1. The fraction of sp³-hybridized carbons (Fsp3) is 0.500. The molecule has 3 rings (SSSR count). The summed E-state index contributed by atoms with van der Waals surface area (Å²) in [7, 11) is 1.45. The third-order valence-corrected chi connectivity index (χ3v) is 5.95. The molecule has 10 heteroatoms. The largest absolute Gasteiger partial charge is 0.427 e. The fourth-order valence-corrected chi connectivity index (χ4v) is 4.08. The van der Waals surface area contributed by atoms with Gasteiger partial charge in [-0.25, -0.2) is 9.18 Å². The lowest BCUT2D eigenvalue weighted by Crippen LogP contribution is -2.61. The van der Waals surface area contributed by atoms with Crippen LogP contribution in [0.5, 0.6) is 0 Å². The van der Waals surface area contributed by atoms with Gasteiger partial charge in [-0.05, 0) is 56.9 Å². The highest BCUT2D eigenvalue weighted by molar-refractivity contribution is 6.06. The van der Waals surface area contributed by atoms with Crippen molar-refractivity contribution in [3.8, 4) is 0 Å². The monoisotopic (exact) mass is 476 g/mol. The van der Waals surface area contributed by atoms with Gasteiger partial charge in [0.05, 0.1) is 29.9 Å². The van der Waals surface area contributed by atoms with Gasteiger partial charge < -0.3 is 24.8 Å². The number of esters is 2. The maximum atomic E-state index is 14.7. The Morgan fingerprint density at radius 3 is 2.50 bits per heavy atom. The summed E-state index contributed by atoms with van der Waals surface area (Å²) >= 11 is 0. The van der Waals surface area contributed by atoms with Gasteiger partial charge in [0.15, 0.2) is 0 Å². The van der Waals surface area contributed by atoms with E-state index in [1.165, 1.54) is 31.0 Å². The molecule has 3 atom stereocenters. The predicted molar refractivity (Wildman–Crippen MR) is 118 cm³/mol. The van der Waals surface area contributed by atoms with Crippen molar-refractivity contribution in [2.45, 2.75) is 52.7 Å². The van der Waals surface area contributed by atoms with E-state index in [0.29, 0.717) is 11.1 Å². The summed E-state index contributed by atoms with van der Waals surface area (Å²) in [4.78, 5) is 50.4. The molecule has 2 aliphatic heterocycles. The molecule has 1 fully saturated rings. The first-order valence-electron chi connectivity index (χ1n) is 10.9. The number of ether oxygens (including phenoxy) is 2. The lowest BCUT2D eigenvalue weighted by molar-refractivity contribution is -0.175. The second-order valence-electron chi connectivity index (χ2n) is 9.46. The van der Waals surface area contributed by atoms with Gasteiger partial charge in [-0.3, -0.25) is 14.4 Å². The van der Waals surface area contributed by atoms with Gasteiger partial charge in [0, 0.05) is 7.05 Å². The number of aliphatic hydroxyl groups excluding tert-OH is 1. The molecule has 0 unspecified atom stereocenters. The Morgan fingerprint density at radius 2 is 1.94 bits per heavy atom. The number of nitrogens with zero attached hydrogens (tertiary/aromatic N) is 1. The quantitative estimate of drug-likeness (QED) is 0.348. The second-order valence-corrected chi connectivity index (χ2v) is 9.46. The highest BCUT2D eigenvalue weighted by Crippen LogP contribution is 2.47. The summed E-state index contributed by atoms with van der Waals surface area (Å²) in [6, 6.07) is 3.74. The molecule has 0 bridgehead atoms. The number of fused-ring (bicyclic) bond motifs is 1. The molecule has 0 radical (unpaired) electrons. The van der Waals surface area contributed by atoms with E-state index in [-0.39, 0.29) is 30.0 Å². The summed E-state index contributed by atoms with van der Waals surface area (Å²) in [5.41, 5.74) is 0.0434. The first-order valence-corrected chi connectivity index (χ1v) is 10.9. The van der Waals surface area contributed by atoms with E-state index < -0.39 is 53.9 Å². The van der Waals surface area contributed by atoms with E-state index in [2.05, 4.69) is 5.32 Å². The number of nitrogens with one attached hydrogen (secondary N) is 1. The summed E-state index contributed by atoms with van der Waals surface area (Å²) in [6.07, 6.45) is -0.862. The van der Waals surface area contributed by atoms with E-state index in [1.54, 1.807) is 26.8 Å². The molecule has 9 nitrogen and oxygen atoms in total. The molecule has 184 valence electrons. The van der Waals surface area contributed by atoms with E-state index >= 15 is 0 Å². The summed E-state index contributed by atoms with van der Waals surface area (Å²) < 4.78 is 24.8. The molecule has 2 amide bonds. The minimum absolute atomic E-state index is 0.0721. The standard InChI is InChI=1S/C24H29FN2O7/c1-12(28)19-17-10-15(13-6-7-14(16(25)8-13)9-18(29)26-5)20(27(17)21(19)30)22(31)33-11-34-23(32)24(2,3)4/h6-8,12,17,19,28H,9-11H2,1-5H3,(H,26,29)/t12-,17-,19-/m1/s1. The number of benzene rings is 1. The van der Waals surface area contributed by atoms with Gasteiger partial charge in [0.2, 0.25) is 18.6 Å². The molecule has 1 saturated heterocycles. The average Bonchev–Trinajstić information content (AvgIpc) is 3.08. The Kier molecular flexibility index (Phi) is 7.11. The van der Waals surface area contributed by atoms with Crippen LogP contribution in [-0.4, -0.2) is 59.7 Å². The van der Waals surface area contributed by atoms with Crippen LogP contribution in [0.25, 0.3) is 5.57 Å². The van der Waals surface area contributed by atoms with Crippen molar-refractivity contribution in [3.63, 3.8) is 0 Å². The van der Waals surface area contributed by atoms with E-state index in [0.717, 1.165) is 0 Å². The first-order chi connectivity index (χ1) is 15.9. The van der Waals surface area contributed by atoms with Gasteiger partial charge in [0.25, 0.3) is 0 Å². The van der Waals surface area contributed by atoms with Crippen molar-refractivity contribution >= 4 is 29.3 Å². The predicted octanol–water partition coefficient (Wildman–Crippen LogP) is 1.53. The third-order valence-electron chi connectivity index (χ3n) is 5.95. The zero-order valence-corrected chi connectivity index (χ0v) is 19.8. The molecule has 2 heterocycles. The maximum absolute atomic E-state index is 14.7. The van der Waals surface area contributed by atoms with Gasteiger partial charge >= 0.3 is 11.9 Å². The van der Waals surface area contributed by atoms with Gasteiger partial charge in [0.1, 0.15) is 11.5 Å². The van der Waals surface area contributed by atoms with Crippen LogP contribution in [0.15, 0.2) is 23.9 Å². The number of likely N-dealkylation sites (N-methyl/N-ethyl adjacent to an activating group) is 1. The third kappa shape index (κ3) is 4.82. The summed E-state index contributed by atoms with van der Waals surface area (Å²) in [5.74, 6) is -3.58.